The Labute approximate surface area is 156 Å². The number of carbonyl (C=O) groups is 1. The van der Waals surface area contributed by atoms with Crippen molar-refractivity contribution in [3.05, 3.63) is 16.8 Å². The standard InChI is InChI=1S/C18H23N3O2S2/c1-11-12(2)25-18-16(11)17(19-10-20-18)24-9-15(22)21-7-8-23-14-6-4-3-5-13(14)21/h10,13-14H,3-9H2,1-2H3/t13-,14+/m0/s1. The van der Waals surface area contributed by atoms with Crippen molar-refractivity contribution in [1.29, 1.82) is 0 Å². The number of aromatic nitrogens is 2. The van der Waals surface area contributed by atoms with E-state index in [1.54, 1.807) is 29.4 Å². The fraction of sp³-hybridized carbons (Fsp3) is 0.611. The lowest BCUT2D eigenvalue weighted by atomic mass is 9.90. The Balaban J connectivity index is 1.49. The molecule has 0 spiro atoms. The molecule has 2 fully saturated rings. The summed E-state index contributed by atoms with van der Waals surface area (Å²) in [6, 6.07) is 0.270. The molecule has 2 atom stereocenters. The zero-order valence-electron chi connectivity index (χ0n) is 14.7. The monoisotopic (exact) mass is 377 g/mol. The molecule has 2 aromatic rings. The van der Waals surface area contributed by atoms with Gasteiger partial charge in [-0.1, -0.05) is 24.6 Å². The van der Waals surface area contributed by atoms with Gasteiger partial charge < -0.3 is 9.64 Å². The molecule has 5 nitrogen and oxygen atoms in total. The maximum absolute atomic E-state index is 12.9. The van der Waals surface area contributed by atoms with Gasteiger partial charge in [0.05, 0.1) is 24.5 Å². The second kappa shape index (κ2) is 7.21. The summed E-state index contributed by atoms with van der Waals surface area (Å²) in [7, 11) is 0. The Morgan fingerprint density at radius 3 is 3.08 bits per heavy atom. The van der Waals surface area contributed by atoms with Gasteiger partial charge in [0.2, 0.25) is 5.91 Å². The van der Waals surface area contributed by atoms with Crippen LogP contribution < -0.4 is 0 Å². The van der Waals surface area contributed by atoms with Gasteiger partial charge >= 0.3 is 0 Å². The first-order chi connectivity index (χ1) is 12.1. The van der Waals surface area contributed by atoms with Gasteiger partial charge in [-0.05, 0) is 32.3 Å². The minimum Gasteiger partial charge on any atom is -0.374 e. The number of thioether (sulfide) groups is 1. The van der Waals surface area contributed by atoms with Gasteiger partial charge in [0.15, 0.2) is 0 Å². The molecule has 0 unspecified atom stereocenters. The number of nitrogens with zero attached hydrogens (tertiary/aromatic N) is 3. The molecule has 0 N–H and O–H groups in total. The Morgan fingerprint density at radius 1 is 1.36 bits per heavy atom. The van der Waals surface area contributed by atoms with E-state index in [1.165, 1.54) is 23.3 Å². The highest BCUT2D eigenvalue weighted by atomic mass is 32.2. The zero-order valence-corrected chi connectivity index (χ0v) is 16.3. The number of fused-ring (bicyclic) bond motifs is 2. The molecular formula is C18H23N3O2S2. The Hall–Kier alpha value is -1.18. The molecule has 4 rings (SSSR count). The lowest BCUT2D eigenvalue weighted by Gasteiger charge is -2.43. The molecular weight excluding hydrogens is 354 g/mol. The van der Waals surface area contributed by atoms with Crippen LogP contribution in [0.4, 0.5) is 0 Å². The third-order valence-corrected chi connectivity index (χ3v) is 7.40. The van der Waals surface area contributed by atoms with E-state index in [-0.39, 0.29) is 18.1 Å². The van der Waals surface area contributed by atoms with Crippen LogP contribution in [0.2, 0.25) is 0 Å². The topological polar surface area (TPSA) is 55.3 Å². The lowest BCUT2D eigenvalue weighted by Crippen LogP contribution is -2.55. The first kappa shape index (κ1) is 17.2. The number of rotatable bonds is 3. The number of thiophene rings is 1. The number of hydrogen-bond donors (Lipinski definition) is 0. The number of aryl methyl sites for hydroxylation is 2. The van der Waals surface area contributed by atoms with E-state index in [4.69, 9.17) is 4.74 Å². The average Bonchev–Trinajstić information content (AvgIpc) is 2.94. The summed E-state index contributed by atoms with van der Waals surface area (Å²) < 4.78 is 5.88. The normalized spacial score (nSPS) is 23.7. The van der Waals surface area contributed by atoms with Gasteiger partial charge in [-0.3, -0.25) is 4.79 Å². The fourth-order valence-corrected chi connectivity index (χ4v) is 5.88. The molecule has 0 radical (unpaired) electrons. The van der Waals surface area contributed by atoms with Gasteiger partial charge in [-0.15, -0.1) is 11.3 Å². The summed E-state index contributed by atoms with van der Waals surface area (Å²) in [4.78, 5) is 26.0. The van der Waals surface area contributed by atoms with E-state index in [0.717, 1.165) is 34.6 Å². The van der Waals surface area contributed by atoms with E-state index < -0.39 is 0 Å². The highest BCUT2D eigenvalue weighted by Gasteiger charge is 2.36. The van der Waals surface area contributed by atoms with Crippen LogP contribution in [0.5, 0.6) is 0 Å². The molecule has 1 saturated heterocycles. The molecule has 0 aromatic carbocycles. The van der Waals surface area contributed by atoms with Gasteiger partial charge in [0.1, 0.15) is 16.2 Å². The van der Waals surface area contributed by atoms with E-state index in [1.807, 2.05) is 0 Å². The van der Waals surface area contributed by atoms with Crippen molar-refractivity contribution in [2.24, 2.45) is 0 Å². The first-order valence-electron chi connectivity index (χ1n) is 8.89. The Bertz CT molecular complexity index is 790. The van der Waals surface area contributed by atoms with Crippen LogP contribution in [-0.4, -0.2) is 51.8 Å². The molecule has 1 aliphatic carbocycles. The summed E-state index contributed by atoms with van der Waals surface area (Å²) in [5.41, 5.74) is 1.23. The largest absolute Gasteiger partial charge is 0.374 e. The molecule has 3 heterocycles. The smallest absolute Gasteiger partial charge is 0.233 e. The molecule has 7 heteroatoms. The molecule has 2 aliphatic rings. The van der Waals surface area contributed by atoms with Gasteiger partial charge in [-0.2, -0.15) is 0 Å². The highest BCUT2D eigenvalue weighted by molar-refractivity contribution is 8.00. The Kier molecular flexibility index (Phi) is 4.97. The van der Waals surface area contributed by atoms with Crippen molar-refractivity contribution in [2.75, 3.05) is 18.9 Å². The van der Waals surface area contributed by atoms with E-state index in [0.29, 0.717) is 12.4 Å². The molecule has 134 valence electrons. The molecule has 2 aromatic heterocycles. The predicted molar refractivity (Wildman–Crippen MR) is 101 cm³/mol. The Morgan fingerprint density at radius 2 is 2.20 bits per heavy atom. The van der Waals surface area contributed by atoms with Crippen molar-refractivity contribution in [1.82, 2.24) is 14.9 Å². The van der Waals surface area contributed by atoms with Gasteiger partial charge in [0, 0.05) is 16.8 Å². The second-order valence-electron chi connectivity index (χ2n) is 6.78. The summed E-state index contributed by atoms with van der Waals surface area (Å²) in [6.07, 6.45) is 6.41. The van der Waals surface area contributed by atoms with Crippen molar-refractivity contribution in [3.63, 3.8) is 0 Å². The maximum atomic E-state index is 12.9. The van der Waals surface area contributed by atoms with Crippen molar-refractivity contribution >= 4 is 39.2 Å². The molecule has 0 bridgehead atoms. The number of ether oxygens (including phenoxy) is 1. The number of amides is 1. The quantitative estimate of drug-likeness (QED) is 0.605. The van der Waals surface area contributed by atoms with Crippen LogP contribution in [0, 0.1) is 13.8 Å². The SMILES string of the molecule is Cc1sc2ncnc(SCC(=O)N3CCO[C@@H]4CCCC[C@@H]43)c2c1C. The third-order valence-electron chi connectivity index (χ3n) is 5.32. The average molecular weight is 378 g/mol. The van der Waals surface area contributed by atoms with Crippen LogP contribution in [0.1, 0.15) is 36.1 Å². The fourth-order valence-electron chi connectivity index (χ4n) is 3.88. The summed E-state index contributed by atoms with van der Waals surface area (Å²) >= 11 is 3.24. The summed E-state index contributed by atoms with van der Waals surface area (Å²) in [5.74, 6) is 0.644. The van der Waals surface area contributed by atoms with Crippen LogP contribution in [0.15, 0.2) is 11.4 Å². The number of hydrogen-bond acceptors (Lipinski definition) is 6. The van der Waals surface area contributed by atoms with Crippen molar-refractivity contribution in [2.45, 2.75) is 56.7 Å². The molecule has 25 heavy (non-hydrogen) atoms. The van der Waals surface area contributed by atoms with Crippen molar-refractivity contribution < 1.29 is 9.53 Å². The summed E-state index contributed by atoms with van der Waals surface area (Å²) in [6.45, 7) is 5.60. The number of carbonyl (C=O) groups excluding carboxylic acids is 1. The number of morpholine rings is 1. The van der Waals surface area contributed by atoms with Crippen LogP contribution in [-0.2, 0) is 9.53 Å². The summed E-state index contributed by atoms with van der Waals surface area (Å²) in [5, 5.41) is 2.04. The first-order valence-corrected chi connectivity index (χ1v) is 10.7. The van der Waals surface area contributed by atoms with E-state index in [2.05, 4.69) is 28.7 Å². The molecule has 1 saturated carbocycles. The maximum Gasteiger partial charge on any atom is 0.233 e. The van der Waals surface area contributed by atoms with Gasteiger partial charge in [-0.25, -0.2) is 9.97 Å². The third kappa shape index (κ3) is 3.29. The van der Waals surface area contributed by atoms with E-state index >= 15 is 0 Å². The minimum atomic E-state index is 0.210. The lowest BCUT2D eigenvalue weighted by molar-refractivity contribution is -0.146. The van der Waals surface area contributed by atoms with E-state index in [9.17, 15) is 4.79 Å². The second-order valence-corrected chi connectivity index (χ2v) is 8.95. The van der Waals surface area contributed by atoms with Gasteiger partial charge in [0.25, 0.3) is 0 Å². The molecule has 1 aliphatic heterocycles. The van der Waals surface area contributed by atoms with Crippen LogP contribution in [0.3, 0.4) is 0 Å². The molecule has 1 amide bonds. The highest BCUT2D eigenvalue weighted by Crippen LogP contribution is 2.35. The minimum absolute atomic E-state index is 0.210. The zero-order chi connectivity index (χ0) is 17.4. The predicted octanol–water partition coefficient (Wildman–Crippen LogP) is 3.57. The van der Waals surface area contributed by atoms with Crippen molar-refractivity contribution in [3.8, 4) is 0 Å². The van der Waals surface area contributed by atoms with Crippen LogP contribution >= 0.6 is 23.1 Å². The van der Waals surface area contributed by atoms with Crippen LogP contribution in [0.25, 0.3) is 10.2 Å².